The maximum Gasteiger partial charge on any atom is 0.410 e. The molecule has 0 radical (unpaired) electrons. The fraction of sp³-hybridized carbons (Fsp3) is 0.550. The summed E-state index contributed by atoms with van der Waals surface area (Å²) < 4.78 is 16.9. The molecule has 0 fully saturated rings. The van der Waals surface area contributed by atoms with Crippen molar-refractivity contribution < 1.29 is 19.0 Å². The molecule has 1 aromatic rings. The molecule has 7 heteroatoms. The zero-order valence-electron chi connectivity index (χ0n) is 16.7. The summed E-state index contributed by atoms with van der Waals surface area (Å²) in [5, 5.41) is 0.438. The van der Waals surface area contributed by atoms with Crippen molar-refractivity contribution >= 4 is 29.0 Å². The van der Waals surface area contributed by atoms with E-state index >= 15 is 0 Å². The summed E-state index contributed by atoms with van der Waals surface area (Å²) in [4.78, 5) is 14.0. The van der Waals surface area contributed by atoms with Crippen LogP contribution in [0.25, 0.3) is 5.57 Å². The normalized spacial score (nSPS) is 14.1. The molecule has 1 aromatic carbocycles. The molecule has 0 spiro atoms. The second-order valence-electron chi connectivity index (χ2n) is 7.28. The van der Waals surface area contributed by atoms with Gasteiger partial charge in [0, 0.05) is 24.7 Å². The number of nitrogens with two attached hydrogens (primary N) is 1. The predicted molar refractivity (Wildman–Crippen MR) is 109 cm³/mol. The van der Waals surface area contributed by atoms with Gasteiger partial charge < -0.3 is 24.8 Å². The first kappa shape index (κ1) is 21.2. The molecule has 1 aliphatic heterocycles. The molecule has 0 unspecified atom stereocenters. The Hall–Kier alpha value is -2.08. The van der Waals surface area contributed by atoms with Crippen molar-refractivity contribution in [1.29, 1.82) is 0 Å². The van der Waals surface area contributed by atoms with E-state index in [2.05, 4.69) is 0 Å². The van der Waals surface area contributed by atoms with Crippen LogP contribution in [0.1, 0.15) is 46.6 Å². The van der Waals surface area contributed by atoms with E-state index in [1.807, 2.05) is 40.7 Å². The van der Waals surface area contributed by atoms with Gasteiger partial charge in [0.05, 0.1) is 10.7 Å². The van der Waals surface area contributed by atoms with Gasteiger partial charge in [-0.1, -0.05) is 24.6 Å². The number of hydrogen-bond donors (Lipinski definition) is 1. The molecule has 1 aliphatic rings. The van der Waals surface area contributed by atoms with Gasteiger partial charge in [0.1, 0.15) is 18.8 Å². The number of fused-ring (bicyclic) bond motifs is 1. The molecule has 0 saturated carbocycles. The Kier molecular flexibility index (Phi) is 6.87. The Morgan fingerprint density at radius 2 is 2.00 bits per heavy atom. The van der Waals surface area contributed by atoms with Crippen molar-refractivity contribution in [3.63, 3.8) is 0 Å². The van der Waals surface area contributed by atoms with Crippen LogP contribution in [-0.4, -0.2) is 42.9 Å². The standard InChI is InChI=1S/C20H29ClN2O4/c1-6-13(8-9-23(7-2)19(24)27-20(3,4)5)16-17(21)14(22)12-15-18(16)26-11-10-25-15/h8,12H,6-7,9-11,22H2,1-5H3/b13-8+. The van der Waals surface area contributed by atoms with E-state index in [4.69, 9.17) is 31.5 Å². The van der Waals surface area contributed by atoms with Crippen molar-refractivity contribution in [3.8, 4) is 11.5 Å². The van der Waals surface area contributed by atoms with Crippen LogP contribution >= 0.6 is 11.6 Å². The van der Waals surface area contributed by atoms with Crippen LogP contribution in [0.4, 0.5) is 10.5 Å². The number of benzene rings is 1. The smallest absolute Gasteiger partial charge is 0.410 e. The first-order valence-electron chi connectivity index (χ1n) is 9.22. The lowest BCUT2D eigenvalue weighted by molar-refractivity contribution is 0.0282. The topological polar surface area (TPSA) is 74.0 Å². The summed E-state index contributed by atoms with van der Waals surface area (Å²) >= 11 is 6.50. The van der Waals surface area contributed by atoms with Crippen molar-refractivity contribution in [2.24, 2.45) is 0 Å². The van der Waals surface area contributed by atoms with Crippen molar-refractivity contribution in [1.82, 2.24) is 4.90 Å². The van der Waals surface area contributed by atoms with E-state index in [-0.39, 0.29) is 6.09 Å². The average molecular weight is 397 g/mol. The minimum atomic E-state index is -0.538. The van der Waals surface area contributed by atoms with Gasteiger partial charge in [-0.05, 0) is 39.7 Å². The van der Waals surface area contributed by atoms with Gasteiger partial charge >= 0.3 is 6.09 Å². The fourth-order valence-electron chi connectivity index (χ4n) is 2.77. The Labute approximate surface area is 166 Å². The summed E-state index contributed by atoms with van der Waals surface area (Å²) in [5.41, 5.74) is 7.63. The minimum absolute atomic E-state index is 0.350. The average Bonchev–Trinajstić information content (AvgIpc) is 2.59. The molecule has 0 aromatic heterocycles. The highest BCUT2D eigenvalue weighted by Gasteiger charge is 2.24. The van der Waals surface area contributed by atoms with Crippen molar-refractivity contribution in [3.05, 3.63) is 22.7 Å². The summed E-state index contributed by atoms with van der Waals surface area (Å²) in [6, 6.07) is 1.69. The van der Waals surface area contributed by atoms with Crippen molar-refractivity contribution in [2.45, 2.75) is 46.6 Å². The largest absolute Gasteiger partial charge is 0.486 e. The molecule has 150 valence electrons. The van der Waals surface area contributed by atoms with E-state index in [0.29, 0.717) is 54.9 Å². The third kappa shape index (κ3) is 5.22. The zero-order valence-corrected chi connectivity index (χ0v) is 17.5. The predicted octanol–water partition coefficient (Wildman–Crippen LogP) is 4.74. The number of hydrogen-bond acceptors (Lipinski definition) is 5. The third-order valence-electron chi connectivity index (χ3n) is 4.09. The number of ether oxygens (including phenoxy) is 3. The number of halogens is 1. The fourth-order valence-corrected chi connectivity index (χ4v) is 3.03. The molecule has 6 nitrogen and oxygen atoms in total. The van der Waals surface area contributed by atoms with E-state index in [1.165, 1.54) is 0 Å². The number of amides is 1. The lowest BCUT2D eigenvalue weighted by atomic mass is 10.00. The van der Waals surface area contributed by atoms with E-state index in [9.17, 15) is 4.79 Å². The lowest BCUT2D eigenvalue weighted by Crippen LogP contribution is -2.36. The van der Waals surface area contributed by atoms with Gasteiger partial charge in [-0.25, -0.2) is 4.79 Å². The Morgan fingerprint density at radius 1 is 1.33 bits per heavy atom. The van der Waals surface area contributed by atoms with Gasteiger partial charge in [0.2, 0.25) is 0 Å². The van der Waals surface area contributed by atoms with Crippen LogP contribution in [0.2, 0.25) is 5.02 Å². The van der Waals surface area contributed by atoms with Crippen LogP contribution in [0.15, 0.2) is 12.1 Å². The number of likely N-dealkylation sites (N-methyl/N-ethyl adjacent to an activating group) is 1. The molecule has 2 N–H and O–H groups in total. The van der Waals surface area contributed by atoms with Crippen molar-refractivity contribution in [2.75, 3.05) is 32.0 Å². The van der Waals surface area contributed by atoms with E-state index in [0.717, 1.165) is 11.1 Å². The third-order valence-corrected chi connectivity index (χ3v) is 4.50. The molecule has 1 heterocycles. The monoisotopic (exact) mass is 396 g/mol. The molecule has 27 heavy (non-hydrogen) atoms. The Morgan fingerprint density at radius 3 is 2.59 bits per heavy atom. The molecule has 0 aliphatic carbocycles. The second-order valence-corrected chi connectivity index (χ2v) is 7.66. The quantitative estimate of drug-likeness (QED) is 0.727. The van der Waals surface area contributed by atoms with Gasteiger partial charge in [-0.15, -0.1) is 0 Å². The zero-order chi connectivity index (χ0) is 20.2. The molecule has 1 amide bonds. The van der Waals surface area contributed by atoms with Crippen LogP contribution in [-0.2, 0) is 4.74 Å². The van der Waals surface area contributed by atoms with Gasteiger partial charge in [-0.2, -0.15) is 0 Å². The molecular formula is C20H29ClN2O4. The highest BCUT2D eigenvalue weighted by Crippen LogP contribution is 2.45. The molecule has 0 bridgehead atoms. The molecular weight excluding hydrogens is 368 g/mol. The number of nitrogens with zero attached hydrogens (tertiary/aromatic N) is 1. The summed E-state index contributed by atoms with van der Waals surface area (Å²) in [7, 11) is 0. The Bertz CT molecular complexity index is 726. The van der Waals surface area contributed by atoms with Gasteiger partial charge in [-0.3, -0.25) is 0 Å². The maximum absolute atomic E-state index is 12.4. The minimum Gasteiger partial charge on any atom is -0.486 e. The lowest BCUT2D eigenvalue weighted by Gasteiger charge is -2.26. The number of rotatable bonds is 5. The highest BCUT2D eigenvalue weighted by molar-refractivity contribution is 6.35. The number of carbonyl (C=O) groups excluding carboxylic acids is 1. The van der Waals surface area contributed by atoms with Crippen LogP contribution in [0.3, 0.4) is 0 Å². The molecule has 2 rings (SSSR count). The first-order chi connectivity index (χ1) is 12.7. The highest BCUT2D eigenvalue weighted by atomic mass is 35.5. The summed E-state index contributed by atoms with van der Waals surface area (Å²) in [6.07, 6.45) is 2.31. The molecule has 0 saturated heterocycles. The van der Waals surface area contributed by atoms with Crippen LogP contribution in [0, 0.1) is 0 Å². The van der Waals surface area contributed by atoms with Crippen LogP contribution < -0.4 is 15.2 Å². The van der Waals surface area contributed by atoms with Gasteiger partial charge in [0.25, 0.3) is 0 Å². The maximum atomic E-state index is 12.4. The second kappa shape index (κ2) is 8.74. The summed E-state index contributed by atoms with van der Waals surface area (Å²) in [5.74, 6) is 1.20. The number of allylic oxidation sites excluding steroid dienone is 1. The molecule has 0 atom stereocenters. The van der Waals surface area contributed by atoms with E-state index < -0.39 is 5.60 Å². The summed E-state index contributed by atoms with van der Waals surface area (Å²) in [6.45, 7) is 11.3. The first-order valence-corrected chi connectivity index (χ1v) is 9.60. The van der Waals surface area contributed by atoms with E-state index in [1.54, 1.807) is 11.0 Å². The number of anilines is 1. The number of nitrogen functional groups attached to an aromatic ring is 1. The van der Waals surface area contributed by atoms with Gasteiger partial charge in [0.15, 0.2) is 11.5 Å². The van der Waals surface area contributed by atoms with Crippen LogP contribution in [0.5, 0.6) is 11.5 Å². The number of carbonyl (C=O) groups is 1. The Balaban J connectivity index is 2.33. The SMILES string of the molecule is CC/C(=C\CN(CC)C(=O)OC(C)(C)C)c1c(Cl)c(N)cc2c1OCCO2.